The SMILES string of the molecule is C/C(=C\c1ccc2cccnc2c1C)c1cccc(-c2nc(-c3cccc(-c4cnc5c(ccc6cccnc65)c4)c3)nc(-c3cccc4ccccc34)n2)c1. The van der Waals surface area contributed by atoms with E-state index in [0.717, 1.165) is 93.6 Å². The first kappa shape index (κ1) is 33.2. The van der Waals surface area contributed by atoms with E-state index in [9.17, 15) is 0 Å². The summed E-state index contributed by atoms with van der Waals surface area (Å²) < 4.78 is 0. The Morgan fingerprint density at radius 2 is 1.09 bits per heavy atom. The Morgan fingerprint density at radius 1 is 0.464 bits per heavy atom. The Morgan fingerprint density at radius 3 is 1.95 bits per heavy atom. The number of hydrogen-bond acceptors (Lipinski definition) is 6. The average Bonchev–Trinajstić information content (AvgIpc) is 3.27. The molecule has 0 radical (unpaired) electrons. The van der Waals surface area contributed by atoms with Gasteiger partial charge in [0.05, 0.1) is 16.6 Å². The fraction of sp³-hybridized carbons (Fsp3) is 0.0400. The third-order valence-electron chi connectivity index (χ3n) is 10.6. The standard InChI is InChI=1S/C50H34N6/c1-31(26-37-22-20-34-16-8-24-51-45(34)32(37)2)36-12-5-14-40(27-36)48-54-49(56-50(55-48)44-19-7-11-33-10-3-4-18-43(33)44)41-15-6-13-38(28-41)42-29-39-23-21-35-17-9-25-52-46(35)47(39)53-30-42/h3-30H,1-2H3/b31-26+. The maximum Gasteiger partial charge on any atom is 0.164 e. The topological polar surface area (TPSA) is 77.3 Å². The number of nitrogens with zero attached hydrogens (tertiary/aromatic N) is 6. The van der Waals surface area contributed by atoms with E-state index in [0.29, 0.717) is 17.5 Å². The van der Waals surface area contributed by atoms with E-state index in [1.54, 1.807) is 0 Å². The summed E-state index contributed by atoms with van der Waals surface area (Å²) in [5, 5.41) is 5.47. The Kier molecular flexibility index (Phi) is 8.15. The number of allylic oxidation sites excluding steroid dienone is 1. The monoisotopic (exact) mass is 718 g/mol. The van der Waals surface area contributed by atoms with E-state index >= 15 is 0 Å². The van der Waals surface area contributed by atoms with Crippen LogP contribution in [0.2, 0.25) is 0 Å². The molecular weight excluding hydrogens is 685 g/mol. The van der Waals surface area contributed by atoms with Gasteiger partial charge >= 0.3 is 0 Å². The first-order valence-corrected chi connectivity index (χ1v) is 18.7. The zero-order valence-corrected chi connectivity index (χ0v) is 30.8. The van der Waals surface area contributed by atoms with E-state index in [-0.39, 0.29) is 0 Å². The van der Waals surface area contributed by atoms with Crippen molar-refractivity contribution in [2.45, 2.75) is 13.8 Å². The van der Waals surface area contributed by atoms with E-state index in [1.807, 2.05) is 30.7 Å². The Labute approximate surface area is 324 Å². The lowest BCUT2D eigenvalue weighted by atomic mass is 9.98. The average molecular weight is 719 g/mol. The minimum Gasteiger partial charge on any atom is -0.256 e. The van der Waals surface area contributed by atoms with Gasteiger partial charge in [-0.15, -0.1) is 0 Å². The summed E-state index contributed by atoms with van der Waals surface area (Å²) in [4.78, 5) is 29.6. The van der Waals surface area contributed by atoms with E-state index in [1.165, 1.54) is 0 Å². The number of hydrogen-bond donors (Lipinski definition) is 0. The van der Waals surface area contributed by atoms with Gasteiger partial charge in [0.1, 0.15) is 0 Å². The maximum atomic E-state index is 5.16. The van der Waals surface area contributed by atoms with Gasteiger partial charge in [-0.1, -0.05) is 121 Å². The van der Waals surface area contributed by atoms with Gasteiger partial charge in [-0.05, 0) is 82.8 Å². The minimum absolute atomic E-state index is 0.598. The van der Waals surface area contributed by atoms with Crippen molar-refractivity contribution in [1.29, 1.82) is 0 Å². The van der Waals surface area contributed by atoms with Gasteiger partial charge in [-0.2, -0.15) is 0 Å². The van der Waals surface area contributed by atoms with Crippen LogP contribution in [0.3, 0.4) is 0 Å². The third kappa shape index (κ3) is 6.03. The number of rotatable bonds is 6. The molecule has 0 spiro atoms. The van der Waals surface area contributed by atoms with Crippen molar-refractivity contribution < 1.29 is 0 Å². The molecule has 56 heavy (non-hydrogen) atoms. The summed E-state index contributed by atoms with van der Waals surface area (Å²) >= 11 is 0. The van der Waals surface area contributed by atoms with Crippen molar-refractivity contribution in [3.8, 4) is 45.3 Å². The van der Waals surface area contributed by atoms with Crippen LogP contribution < -0.4 is 0 Å². The molecule has 6 heteroatoms. The quantitative estimate of drug-likeness (QED) is 0.126. The van der Waals surface area contributed by atoms with Crippen LogP contribution in [0.15, 0.2) is 164 Å². The summed E-state index contributed by atoms with van der Waals surface area (Å²) in [5.41, 5.74) is 12.1. The molecule has 264 valence electrons. The number of pyridine rings is 3. The molecule has 0 atom stereocenters. The summed E-state index contributed by atoms with van der Waals surface area (Å²) in [6.45, 7) is 4.28. The zero-order chi connectivity index (χ0) is 37.6. The van der Waals surface area contributed by atoms with Crippen LogP contribution in [-0.2, 0) is 0 Å². The van der Waals surface area contributed by atoms with Crippen molar-refractivity contribution in [3.05, 3.63) is 181 Å². The van der Waals surface area contributed by atoms with Crippen LogP contribution in [0.4, 0.5) is 0 Å². The van der Waals surface area contributed by atoms with E-state index < -0.39 is 0 Å². The van der Waals surface area contributed by atoms with Gasteiger partial charge in [0.2, 0.25) is 0 Å². The molecule has 6 aromatic carbocycles. The number of fused-ring (bicyclic) bond motifs is 5. The fourth-order valence-electron chi connectivity index (χ4n) is 7.59. The van der Waals surface area contributed by atoms with Gasteiger partial charge in [0.25, 0.3) is 0 Å². The van der Waals surface area contributed by atoms with Gasteiger partial charge < -0.3 is 0 Å². The molecule has 10 rings (SSSR count). The first-order valence-electron chi connectivity index (χ1n) is 18.7. The molecule has 0 bridgehead atoms. The highest BCUT2D eigenvalue weighted by molar-refractivity contribution is 6.03. The van der Waals surface area contributed by atoms with E-state index in [2.05, 4.69) is 163 Å². The van der Waals surface area contributed by atoms with Crippen LogP contribution >= 0.6 is 0 Å². The summed E-state index contributed by atoms with van der Waals surface area (Å²) in [6.07, 6.45) is 7.82. The number of aromatic nitrogens is 6. The largest absolute Gasteiger partial charge is 0.256 e. The van der Waals surface area contributed by atoms with Crippen molar-refractivity contribution in [2.75, 3.05) is 0 Å². The van der Waals surface area contributed by atoms with E-state index in [4.69, 9.17) is 19.9 Å². The second kappa shape index (κ2) is 13.8. The number of aryl methyl sites for hydroxylation is 1. The highest BCUT2D eigenvalue weighted by Crippen LogP contribution is 2.33. The van der Waals surface area contributed by atoms with Crippen molar-refractivity contribution in [2.24, 2.45) is 0 Å². The van der Waals surface area contributed by atoms with Crippen molar-refractivity contribution in [1.82, 2.24) is 29.9 Å². The lowest BCUT2D eigenvalue weighted by molar-refractivity contribution is 1.08. The van der Waals surface area contributed by atoms with Gasteiger partial charge in [-0.25, -0.2) is 15.0 Å². The van der Waals surface area contributed by atoms with Crippen LogP contribution in [0.5, 0.6) is 0 Å². The minimum atomic E-state index is 0.598. The molecule has 0 aliphatic heterocycles. The lowest BCUT2D eigenvalue weighted by Gasteiger charge is -2.12. The molecule has 4 aromatic heterocycles. The Balaban J connectivity index is 1.09. The molecule has 0 amide bonds. The molecule has 0 saturated carbocycles. The number of benzene rings is 6. The molecular formula is C50H34N6. The predicted molar refractivity (Wildman–Crippen MR) is 230 cm³/mol. The smallest absolute Gasteiger partial charge is 0.164 e. The zero-order valence-electron chi connectivity index (χ0n) is 30.8. The second-order valence-corrected chi connectivity index (χ2v) is 14.1. The first-order chi connectivity index (χ1) is 27.6. The molecule has 0 saturated heterocycles. The maximum absolute atomic E-state index is 5.16. The summed E-state index contributed by atoms with van der Waals surface area (Å²) in [6, 6.07) is 50.2. The molecule has 10 aromatic rings. The Bertz CT molecular complexity index is 3180. The Hall–Kier alpha value is -7.44. The molecule has 0 aliphatic carbocycles. The van der Waals surface area contributed by atoms with Crippen LogP contribution in [0.25, 0.3) is 100 Å². The summed E-state index contributed by atoms with van der Waals surface area (Å²) in [5.74, 6) is 1.83. The summed E-state index contributed by atoms with van der Waals surface area (Å²) in [7, 11) is 0. The molecule has 0 aliphatic rings. The van der Waals surface area contributed by atoms with Crippen molar-refractivity contribution in [3.63, 3.8) is 0 Å². The second-order valence-electron chi connectivity index (χ2n) is 14.1. The van der Waals surface area contributed by atoms with Gasteiger partial charge in [-0.3, -0.25) is 15.0 Å². The fourth-order valence-corrected chi connectivity index (χ4v) is 7.59. The molecule has 6 nitrogen and oxygen atoms in total. The normalized spacial score (nSPS) is 11.9. The predicted octanol–water partition coefficient (Wildman–Crippen LogP) is 12.2. The third-order valence-corrected chi connectivity index (χ3v) is 10.6. The highest BCUT2D eigenvalue weighted by Gasteiger charge is 2.16. The van der Waals surface area contributed by atoms with Crippen LogP contribution in [0.1, 0.15) is 23.6 Å². The van der Waals surface area contributed by atoms with Gasteiger partial charge in [0, 0.05) is 57.0 Å². The lowest BCUT2D eigenvalue weighted by Crippen LogP contribution is -2.01. The van der Waals surface area contributed by atoms with Crippen molar-refractivity contribution >= 4 is 55.1 Å². The van der Waals surface area contributed by atoms with Crippen LogP contribution in [-0.4, -0.2) is 29.9 Å². The molecule has 0 N–H and O–H groups in total. The van der Waals surface area contributed by atoms with Crippen LogP contribution in [0, 0.1) is 6.92 Å². The van der Waals surface area contributed by atoms with Gasteiger partial charge in [0.15, 0.2) is 17.5 Å². The molecule has 0 fully saturated rings. The molecule has 4 heterocycles. The highest BCUT2D eigenvalue weighted by atomic mass is 15.0. The molecule has 0 unspecified atom stereocenters.